The van der Waals surface area contributed by atoms with Crippen LogP contribution in [0, 0.1) is 47.3 Å². The van der Waals surface area contributed by atoms with Crippen LogP contribution in [0.2, 0.25) is 0 Å². The van der Waals surface area contributed by atoms with Crippen molar-refractivity contribution in [1.29, 1.82) is 0 Å². The van der Waals surface area contributed by atoms with Gasteiger partial charge >= 0.3 is 0 Å². The molecule has 0 aliphatic carbocycles. The number of benzene rings is 2. The summed E-state index contributed by atoms with van der Waals surface area (Å²) in [6, 6.07) is -1.10. The third-order valence-electron chi connectivity index (χ3n) is 29.0. The minimum atomic E-state index is -3.68. The summed E-state index contributed by atoms with van der Waals surface area (Å²) in [4.78, 5) is 323. The summed E-state index contributed by atoms with van der Waals surface area (Å²) in [7, 11) is -3.68. The van der Waals surface area contributed by atoms with Crippen LogP contribution in [-0.2, 0) is 129 Å². The van der Waals surface area contributed by atoms with E-state index in [0.29, 0.717) is 69.2 Å². The molecule has 21 N–H and O–H groups in total. The van der Waals surface area contributed by atoms with Crippen LogP contribution in [0.3, 0.4) is 0 Å². The van der Waals surface area contributed by atoms with Gasteiger partial charge in [0, 0.05) is 167 Å². The molecule has 7 aliphatic rings. The lowest BCUT2D eigenvalue weighted by Gasteiger charge is -2.31. The van der Waals surface area contributed by atoms with Gasteiger partial charge < -0.3 is 99.9 Å². The highest BCUT2D eigenvalue weighted by molar-refractivity contribution is 8.00. The van der Waals surface area contributed by atoms with Gasteiger partial charge in [-0.25, -0.2) is 0 Å². The second-order valence-electron chi connectivity index (χ2n) is 40.1. The maximum absolute atomic E-state index is 15.3. The van der Waals surface area contributed by atoms with Crippen LogP contribution in [0.25, 0.3) is 21.8 Å². The first-order valence-electron chi connectivity index (χ1n) is 51.2. The van der Waals surface area contributed by atoms with E-state index in [9.17, 15) is 96.5 Å². The maximum atomic E-state index is 15.3. The van der Waals surface area contributed by atoms with Gasteiger partial charge in [-0.15, -0.1) is 23.5 Å². The number of aromatic amines is 2. The summed E-state index contributed by atoms with van der Waals surface area (Å²) in [5.41, 5.74) is 13.7. The van der Waals surface area contributed by atoms with Crippen molar-refractivity contribution in [3.05, 3.63) is 53.1 Å². The van der Waals surface area contributed by atoms with E-state index in [2.05, 4.69) is 78.6 Å². The van der Waals surface area contributed by atoms with Crippen LogP contribution in [-0.4, -0.2) is 313 Å². The Labute approximate surface area is 875 Å². The minimum Gasteiger partial charge on any atom is -0.391 e. The van der Waals surface area contributed by atoms with E-state index < -0.39 is 310 Å². The van der Waals surface area contributed by atoms with Crippen molar-refractivity contribution in [2.75, 3.05) is 88.1 Å². The molecule has 7 aliphatic heterocycles. The fourth-order valence-corrected chi connectivity index (χ4v) is 24.8. The van der Waals surface area contributed by atoms with Gasteiger partial charge in [0.15, 0.2) is 23.1 Å². The molecule has 2 aromatic carbocycles. The zero-order valence-corrected chi connectivity index (χ0v) is 88.8. The fraction of sp³-hybridized carbons (Fsp3) is 0.620. The van der Waals surface area contributed by atoms with Crippen molar-refractivity contribution in [3.8, 4) is 0 Å². The molecule has 0 radical (unpaired) electrons. The molecule has 3 fully saturated rings. The molecule has 0 saturated carbocycles. The number of anilines is 1. The molecule has 4 bridgehead atoms. The van der Waals surface area contributed by atoms with Crippen molar-refractivity contribution in [2.45, 2.75) is 272 Å². The maximum Gasteiger partial charge on any atom is 0.243 e. The van der Waals surface area contributed by atoms with E-state index in [1.165, 1.54) is 16.7 Å². The third kappa shape index (κ3) is 31.7. The molecule has 49 heteroatoms. The molecule has 814 valence electrons. The van der Waals surface area contributed by atoms with Gasteiger partial charge in [-0.05, 0) is 115 Å². The lowest BCUT2D eigenvalue weighted by molar-refractivity contribution is -0.145. The Kier molecular flexibility index (Phi) is 42.8. The van der Waals surface area contributed by atoms with Crippen molar-refractivity contribution in [2.24, 2.45) is 58.8 Å². The average Bonchev–Trinajstić information content (AvgIpc) is 1.62. The summed E-state index contributed by atoms with van der Waals surface area (Å²) in [5, 5.41) is 58.7. The number of nitrogens with two attached hydrogens (primary N) is 2. The molecule has 3 saturated heterocycles. The number of rotatable bonds is 31. The highest BCUT2D eigenvalue weighted by Gasteiger charge is 2.49. The number of nitrogens with one attached hydrogen (secondary N) is 15. The SMILES string of the molecule is CCC(C)[C@@H]1NC(=O)[C@@H]2C[C@@H](O)CN2C(=O)[C@H](CC(N)=O)CC(=O)[C@@H]2CSc3[nH]c4ccc(CC(=O)CCCNP(=O)(CCCCN5C(=O)CC(SC)C5=O)NCCCC(=O)Nc5ccc6[nH]c7c(c6c5)C[C@@H]5CC(=O)[C@H](C(C)CC)NC(=O)[C@@H]6C[C@@H](O)CN6C(=O)[C@H](CC(N)=O)CC(=O)[C@H](CS7)NC(=O)CNC(=O)[C@H]([C@@H](C)CC)NC(=O)CNC5=O)cc4c3C[C@H](CC1=O)C(=O)NCC(=O)N[C@@H]([C@@H](C)CC)C(=O)NCC(=O)N2. The first kappa shape index (κ1) is 117. The number of aliphatic hydroxyl groups excluding tert-OH is 2. The van der Waals surface area contributed by atoms with E-state index in [0.717, 1.165) is 33.3 Å². The van der Waals surface area contributed by atoms with Crippen LogP contribution in [0.5, 0.6) is 0 Å². The number of carbonyl (C=O) groups excluding carboxylic acids is 22. The fourth-order valence-electron chi connectivity index (χ4n) is 19.7. The number of likely N-dealkylation sites (tertiary alicyclic amines) is 1. The van der Waals surface area contributed by atoms with E-state index in [1.54, 1.807) is 98.0 Å². The van der Waals surface area contributed by atoms with Crippen LogP contribution >= 0.6 is 42.7 Å². The number of aliphatic hydroxyl groups is 2. The number of amides is 17. The zero-order valence-electron chi connectivity index (χ0n) is 85.4. The quantitative estimate of drug-likeness (QED) is 0.0185. The summed E-state index contributed by atoms with van der Waals surface area (Å²) >= 11 is 3.25. The van der Waals surface area contributed by atoms with E-state index >= 15 is 23.7 Å². The minimum absolute atomic E-state index is 0.00459. The molecular formula is C100H141N20O25PS3. The Balaban J connectivity index is 0.847. The number of unbranched alkanes of at least 4 members (excludes halogenated alkanes) is 1. The number of imide groups is 1. The first-order chi connectivity index (χ1) is 70.8. The second kappa shape index (κ2) is 54.2. The summed E-state index contributed by atoms with van der Waals surface area (Å²) in [6.07, 6.45) is -4.39. The van der Waals surface area contributed by atoms with Gasteiger partial charge in [0.2, 0.25) is 108 Å². The number of carbonyl (C=O) groups is 22. The number of primary amides is 2. The largest absolute Gasteiger partial charge is 0.391 e. The summed E-state index contributed by atoms with van der Waals surface area (Å²) in [5.74, 6) is -25.0. The van der Waals surface area contributed by atoms with Crippen LogP contribution in [0.4, 0.5) is 5.69 Å². The number of aromatic nitrogens is 2. The molecule has 9 heterocycles. The number of H-pyrrole nitrogens is 2. The molecule has 20 atom stereocenters. The lowest BCUT2D eigenvalue weighted by Crippen LogP contribution is -2.55. The smallest absolute Gasteiger partial charge is 0.243 e. The molecule has 4 aromatic rings. The predicted octanol–water partition coefficient (Wildman–Crippen LogP) is 0.460. The van der Waals surface area contributed by atoms with Gasteiger partial charge in [0.05, 0.1) is 89.7 Å². The third-order valence-corrected chi connectivity index (χ3v) is 34.7. The molecule has 11 rings (SSSR count). The Morgan fingerprint density at radius 1 is 0.483 bits per heavy atom. The number of hydrogen-bond acceptors (Lipinski definition) is 28. The van der Waals surface area contributed by atoms with Gasteiger partial charge in [-0.3, -0.25) is 125 Å². The van der Waals surface area contributed by atoms with Gasteiger partial charge in [-0.1, -0.05) is 87.1 Å². The normalized spacial score (nSPS) is 26.5. The van der Waals surface area contributed by atoms with Gasteiger partial charge in [-0.2, -0.15) is 11.8 Å². The summed E-state index contributed by atoms with van der Waals surface area (Å²) in [6.45, 7) is 10.2. The van der Waals surface area contributed by atoms with Crippen molar-refractivity contribution in [3.63, 3.8) is 0 Å². The number of Topliss-reactive ketones (excluding diaryl/α,β-unsaturated/α-hetero) is 5. The molecular weight excluding hydrogens is 2010 g/mol. The van der Waals surface area contributed by atoms with Gasteiger partial charge in [0.1, 0.15) is 30.0 Å². The Bertz CT molecular complexity index is 5490. The average molecular weight is 2150 g/mol. The number of hydrogen-bond donors (Lipinski definition) is 19. The van der Waals surface area contributed by atoms with Crippen LogP contribution in [0.15, 0.2) is 46.5 Å². The van der Waals surface area contributed by atoms with Crippen LogP contribution in [0.1, 0.15) is 194 Å². The van der Waals surface area contributed by atoms with Crippen LogP contribution < -0.4 is 80.1 Å². The zero-order chi connectivity index (χ0) is 109. The molecule has 17 amide bonds. The first-order valence-corrected chi connectivity index (χ1v) is 56.3. The van der Waals surface area contributed by atoms with Gasteiger partial charge in [0.25, 0.3) is 0 Å². The number of nitrogens with zero attached hydrogens (tertiary/aromatic N) is 3. The Morgan fingerprint density at radius 3 is 1.34 bits per heavy atom. The van der Waals surface area contributed by atoms with Crippen molar-refractivity contribution >= 4 is 200 Å². The predicted molar refractivity (Wildman–Crippen MR) is 551 cm³/mol. The Hall–Kier alpha value is -11.8. The number of fused-ring (bicyclic) bond motifs is 10. The monoisotopic (exact) mass is 2150 g/mol. The molecule has 2 aromatic heterocycles. The van der Waals surface area contributed by atoms with Crippen molar-refractivity contribution < 1.29 is 120 Å². The molecule has 4 unspecified atom stereocenters. The van der Waals surface area contributed by atoms with Crippen molar-refractivity contribution in [1.82, 2.24) is 88.0 Å². The Morgan fingerprint density at radius 2 is 0.906 bits per heavy atom. The van der Waals surface area contributed by atoms with E-state index in [-0.39, 0.29) is 143 Å². The molecule has 149 heavy (non-hydrogen) atoms. The number of thioether (sulfide) groups is 3. The van der Waals surface area contributed by atoms with E-state index in [1.807, 2.05) is 0 Å². The topological polar surface area (TPSA) is 683 Å². The standard InChI is InChI=1S/C100H141N20O25PS3/c1-10-50(5)86-75(126)32-55-30-65-63-29-54(20-22-67(63)112-96(65)148-48-69(110-81(131)42-105-94(140)88(52(7)12-3)114-83(133)44-103-90(55)136)73(124)34-57(36-78(101)128)98(142)119-46-61(122)39-71(119)92(138)116-86)28-60(121)18-16-24-107-146(145,27-15-14-26-118-85(135)41-77(147-9)100(118)144)108-25-17-19-80(130)109-59-21-23-68-64(38-59)66-31-56-33-76(127)87(51(6)11-2)117-93(139)72-40-62(123)47-120(72)99(143)58(37-79(102)129)35-74(125)70(49-149-97(66)113-68)111-82(132)43-106-95(141)89(53(8)13-4)115-84(134)45-104-91(56)137/h20-23,29,38,50-53,55-58,61-62,69-72,77,86-89,112-113,122-123H,10-19,24-28,30-37,39-49H2,1-9H3,(H2,101,128)(H2,102,129)(H,103,136)(H,104,137)(H,105,140)(H,106,141)(H,109,130)(H,110,131)(H,111,132)(H,114,133)(H,115,134)(H,116,138)(H,117,139)(H2,107,108,145)/t50?,51?,52-,53-,55+,56+,57-,58-,61+,62+,69-,70-,71-,72-,77?,86-,87-,88-,89-,146?/m0/s1. The molecule has 0 spiro atoms. The number of ketones is 5. The van der Waals surface area contributed by atoms with E-state index in [4.69, 9.17) is 11.5 Å². The highest BCUT2D eigenvalue weighted by atomic mass is 32.2. The molecule has 45 nitrogen and oxygen atoms in total. The summed E-state index contributed by atoms with van der Waals surface area (Å²) < 4.78 is 15.3. The second-order valence-corrected chi connectivity index (χ2v) is 45.8. The lowest BCUT2D eigenvalue weighted by atomic mass is 9.86. The highest BCUT2D eigenvalue weighted by Crippen LogP contribution is 2.41.